The Kier molecular flexibility index (Phi) is 9.15. The molecule has 0 aromatic heterocycles. The second-order valence-corrected chi connectivity index (χ2v) is 12.1. The van der Waals surface area contributed by atoms with Crippen LogP contribution in [0.4, 0.5) is 11.4 Å². The van der Waals surface area contributed by atoms with Crippen LogP contribution in [0.15, 0.2) is 102 Å². The molecule has 0 saturated carbocycles. The molecule has 0 amide bonds. The van der Waals surface area contributed by atoms with Crippen LogP contribution in [0.3, 0.4) is 0 Å². The number of allylic oxidation sites excluding steroid dienone is 5. The Labute approximate surface area is 248 Å². The van der Waals surface area contributed by atoms with E-state index in [1.165, 1.54) is 57.6 Å². The van der Waals surface area contributed by atoms with E-state index in [1.54, 1.807) is 11.1 Å². The van der Waals surface area contributed by atoms with Gasteiger partial charge in [-0.3, -0.25) is 0 Å². The van der Waals surface area contributed by atoms with Gasteiger partial charge in [0.1, 0.15) is 0 Å². The molecule has 0 aliphatic heterocycles. The van der Waals surface area contributed by atoms with Gasteiger partial charge >= 0.3 is 0 Å². The van der Waals surface area contributed by atoms with E-state index in [4.69, 9.17) is 0 Å². The van der Waals surface area contributed by atoms with Crippen molar-refractivity contribution in [2.75, 3.05) is 58.1 Å². The molecule has 3 nitrogen and oxygen atoms in total. The van der Waals surface area contributed by atoms with Gasteiger partial charge in [-0.05, 0) is 128 Å². The molecule has 0 heterocycles. The molecule has 2 aliphatic rings. The molecule has 0 fully saturated rings. The normalized spacial score (nSPS) is 17.7. The summed E-state index contributed by atoms with van der Waals surface area (Å²) in [5, 5.41) is 0. The van der Waals surface area contributed by atoms with Crippen LogP contribution in [0.5, 0.6) is 0 Å². The van der Waals surface area contributed by atoms with Crippen molar-refractivity contribution in [1.82, 2.24) is 4.90 Å². The Bertz CT molecular complexity index is 1420. The van der Waals surface area contributed by atoms with Crippen molar-refractivity contribution >= 4 is 16.9 Å². The third-order valence-electron chi connectivity index (χ3n) is 8.89. The average Bonchev–Trinajstić information content (AvgIpc) is 3.14. The maximum absolute atomic E-state index is 2.57. The quantitative estimate of drug-likeness (QED) is 0.268. The summed E-state index contributed by atoms with van der Waals surface area (Å²) in [6.45, 7) is 4.33. The average molecular weight is 546 g/mol. The van der Waals surface area contributed by atoms with Crippen LogP contribution in [0.25, 0.3) is 5.57 Å². The van der Waals surface area contributed by atoms with Crippen molar-refractivity contribution < 1.29 is 0 Å². The lowest BCUT2D eigenvalue weighted by Crippen LogP contribution is -2.15. The maximum atomic E-state index is 2.57. The Morgan fingerprint density at radius 3 is 2.07 bits per heavy atom. The smallest absolute Gasteiger partial charge is 0.0363 e. The Morgan fingerprint density at radius 1 is 0.780 bits per heavy atom. The number of hydrogen-bond donors (Lipinski definition) is 0. The van der Waals surface area contributed by atoms with Crippen LogP contribution in [-0.4, -0.2) is 53.2 Å². The molecule has 1 atom stereocenters. The first-order chi connectivity index (χ1) is 19.9. The summed E-state index contributed by atoms with van der Waals surface area (Å²) >= 11 is 0. The first kappa shape index (κ1) is 29.0. The largest absolute Gasteiger partial charge is 0.378 e. The second kappa shape index (κ2) is 13.0. The highest BCUT2D eigenvalue weighted by Gasteiger charge is 2.28. The third kappa shape index (κ3) is 6.52. The van der Waals surface area contributed by atoms with Gasteiger partial charge in [0.25, 0.3) is 0 Å². The van der Waals surface area contributed by atoms with Crippen LogP contribution in [0.2, 0.25) is 0 Å². The molecule has 41 heavy (non-hydrogen) atoms. The molecule has 0 saturated heterocycles. The zero-order valence-corrected chi connectivity index (χ0v) is 26.0. The van der Waals surface area contributed by atoms with Gasteiger partial charge in [0.2, 0.25) is 0 Å². The zero-order chi connectivity index (χ0) is 28.9. The highest BCUT2D eigenvalue weighted by atomic mass is 15.1. The Morgan fingerprint density at radius 2 is 1.44 bits per heavy atom. The van der Waals surface area contributed by atoms with E-state index in [2.05, 4.69) is 142 Å². The molecule has 1 unspecified atom stereocenters. The van der Waals surface area contributed by atoms with Gasteiger partial charge < -0.3 is 14.7 Å². The van der Waals surface area contributed by atoms with Gasteiger partial charge in [0, 0.05) is 45.0 Å². The van der Waals surface area contributed by atoms with Crippen LogP contribution in [-0.2, 0) is 6.42 Å². The number of aryl methyl sites for hydroxylation is 1. The Balaban J connectivity index is 1.58. The lowest BCUT2D eigenvalue weighted by atomic mass is 9.78. The predicted octanol–water partition coefficient (Wildman–Crippen LogP) is 8.34. The van der Waals surface area contributed by atoms with Crippen LogP contribution >= 0.6 is 0 Å². The van der Waals surface area contributed by atoms with Crippen molar-refractivity contribution in [1.29, 1.82) is 0 Å². The minimum absolute atomic E-state index is 0.480. The molecule has 0 spiro atoms. The van der Waals surface area contributed by atoms with Crippen LogP contribution in [0, 0.1) is 0 Å². The zero-order valence-electron chi connectivity index (χ0n) is 26.0. The minimum Gasteiger partial charge on any atom is -0.378 e. The summed E-state index contributed by atoms with van der Waals surface area (Å²) < 4.78 is 0. The van der Waals surface area contributed by atoms with Crippen molar-refractivity contribution in [3.63, 3.8) is 0 Å². The first-order valence-corrected chi connectivity index (χ1v) is 15.3. The lowest BCUT2D eigenvalue weighted by Gasteiger charge is -2.27. The lowest BCUT2D eigenvalue weighted by molar-refractivity contribution is 0.389. The first-order valence-electron chi connectivity index (χ1n) is 15.3. The monoisotopic (exact) mass is 545 g/mol. The third-order valence-corrected chi connectivity index (χ3v) is 8.89. The van der Waals surface area contributed by atoms with E-state index in [0.717, 1.165) is 32.4 Å². The van der Waals surface area contributed by atoms with Gasteiger partial charge in [0.05, 0.1) is 0 Å². The van der Waals surface area contributed by atoms with E-state index in [0.29, 0.717) is 5.92 Å². The fourth-order valence-electron chi connectivity index (χ4n) is 6.45. The van der Waals surface area contributed by atoms with Gasteiger partial charge in [-0.15, -0.1) is 0 Å². The molecular formula is C38H47N3. The molecular weight excluding hydrogens is 498 g/mol. The minimum atomic E-state index is 0.480. The van der Waals surface area contributed by atoms with Gasteiger partial charge in [-0.2, -0.15) is 0 Å². The molecule has 0 radical (unpaired) electrons. The number of benzene rings is 3. The molecule has 0 N–H and O–H groups in total. The topological polar surface area (TPSA) is 9.72 Å². The highest BCUT2D eigenvalue weighted by Crippen LogP contribution is 2.45. The van der Waals surface area contributed by atoms with Crippen molar-refractivity contribution in [2.45, 2.75) is 44.9 Å². The van der Waals surface area contributed by atoms with Gasteiger partial charge in [-0.25, -0.2) is 0 Å². The van der Waals surface area contributed by atoms with Crippen molar-refractivity contribution in [3.8, 4) is 0 Å². The van der Waals surface area contributed by atoms with E-state index < -0.39 is 0 Å². The van der Waals surface area contributed by atoms with E-state index in [9.17, 15) is 0 Å². The fraction of sp³-hybridized carbons (Fsp3) is 0.368. The molecule has 3 aromatic carbocycles. The van der Waals surface area contributed by atoms with Gasteiger partial charge in [0.15, 0.2) is 0 Å². The van der Waals surface area contributed by atoms with Crippen molar-refractivity contribution in [2.24, 2.45) is 0 Å². The predicted molar refractivity (Wildman–Crippen MR) is 178 cm³/mol. The van der Waals surface area contributed by atoms with E-state index in [-0.39, 0.29) is 0 Å². The van der Waals surface area contributed by atoms with E-state index >= 15 is 0 Å². The number of anilines is 2. The number of fused-ring (bicyclic) bond motifs is 2. The SMILES string of the molecule is CCN(C)c1ccc(/C(=C2/C=C3CCc4ccccc4C(CCCN(C)C)C3=CC2)c2ccc(N(C)C)cc2)cc1. The molecule has 3 heteroatoms. The summed E-state index contributed by atoms with van der Waals surface area (Å²) in [7, 11) is 10.7. The molecule has 5 rings (SSSR count). The summed E-state index contributed by atoms with van der Waals surface area (Å²) in [5.41, 5.74) is 14.0. The Hall–Kier alpha value is -3.56. The van der Waals surface area contributed by atoms with E-state index in [1.807, 2.05) is 0 Å². The summed E-state index contributed by atoms with van der Waals surface area (Å²) in [6, 6.07) is 27.5. The maximum Gasteiger partial charge on any atom is 0.0363 e. The molecule has 2 aliphatic carbocycles. The van der Waals surface area contributed by atoms with Gasteiger partial charge in [-0.1, -0.05) is 60.7 Å². The summed E-state index contributed by atoms with van der Waals surface area (Å²) in [6.07, 6.45) is 10.7. The molecule has 3 aromatic rings. The summed E-state index contributed by atoms with van der Waals surface area (Å²) in [4.78, 5) is 6.77. The number of nitrogens with zero attached hydrogens (tertiary/aromatic N) is 3. The van der Waals surface area contributed by atoms with Crippen LogP contribution < -0.4 is 9.80 Å². The number of rotatable bonds is 9. The number of hydrogen-bond acceptors (Lipinski definition) is 3. The highest BCUT2D eigenvalue weighted by molar-refractivity contribution is 5.85. The van der Waals surface area contributed by atoms with Crippen LogP contribution in [0.1, 0.15) is 60.8 Å². The summed E-state index contributed by atoms with van der Waals surface area (Å²) in [5.74, 6) is 0.480. The standard InChI is InChI=1S/C38H47N3/c1-7-41(6)34-23-18-30(19-24-34)38(29-16-21-33(22-17-29)40(4)5)32-20-25-36-31(27-32)15-14-28-11-8-9-12-35(28)37(36)13-10-26-39(2)3/h8-9,11-12,16-19,21-25,27,37H,7,10,13-15,20,26H2,1-6H3/b38-32+. The van der Waals surface area contributed by atoms with Crippen molar-refractivity contribution in [3.05, 3.63) is 124 Å². The second-order valence-electron chi connectivity index (χ2n) is 12.1. The molecule has 0 bridgehead atoms. The molecule has 214 valence electrons. The fourth-order valence-corrected chi connectivity index (χ4v) is 6.45.